The number of carbonyl (C=O) groups excluding carboxylic acids is 2. The van der Waals surface area contributed by atoms with Gasteiger partial charge < -0.3 is 15.0 Å². The molecule has 1 fully saturated rings. The summed E-state index contributed by atoms with van der Waals surface area (Å²) in [5, 5.41) is 13.9. The number of rotatable bonds is 6. The topological polar surface area (TPSA) is 115 Å². The molecule has 1 N–H and O–H groups in total. The van der Waals surface area contributed by atoms with Gasteiger partial charge in [-0.05, 0) is 68.3 Å². The Kier molecular flexibility index (Phi) is 6.30. The first-order valence-electron chi connectivity index (χ1n) is 10.5. The molecule has 1 aliphatic heterocycles. The van der Waals surface area contributed by atoms with Gasteiger partial charge in [0, 0.05) is 41.8 Å². The molecule has 9 nitrogen and oxygen atoms in total. The number of carbonyl (C=O) groups is 2. The Morgan fingerprint density at radius 2 is 1.79 bits per heavy atom. The molecule has 168 valence electrons. The van der Waals surface area contributed by atoms with E-state index in [0.717, 1.165) is 0 Å². The van der Waals surface area contributed by atoms with E-state index in [-0.39, 0.29) is 17.5 Å². The molecule has 2 aromatic carbocycles. The minimum absolute atomic E-state index is 0.0429. The highest BCUT2D eigenvalue weighted by Crippen LogP contribution is 2.26. The van der Waals surface area contributed by atoms with Crippen LogP contribution >= 0.6 is 0 Å². The van der Waals surface area contributed by atoms with Crippen LogP contribution in [0.25, 0.3) is 0 Å². The highest BCUT2D eigenvalue weighted by atomic mass is 16.6. The van der Waals surface area contributed by atoms with E-state index in [1.54, 1.807) is 55.7 Å². The number of pyridine rings is 1. The minimum atomic E-state index is -0.610. The van der Waals surface area contributed by atoms with Gasteiger partial charge in [-0.15, -0.1) is 0 Å². The third kappa shape index (κ3) is 4.98. The molecule has 1 aliphatic rings. The van der Waals surface area contributed by atoms with E-state index in [1.165, 1.54) is 23.1 Å². The summed E-state index contributed by atoms with van der Waals surface area (Å²) in [7, 11) is 0. The SMILES string of the molecule is Cc1cc(C(=O)N2CCCC2C(=O)Nc2ccc(Oc3ccncc3)cc2)ccc1[N+](=O)[O-]. The van der Waals surface area contributed by atoms with E-state index in [9.17, 15) is 19.7 Å². The monoisotopic (exact) mass is 446 g/mol. The van der Waals surface area contributed by atoms with Crippen LogP contribution in [0.1, 0.15) is 28.8 Å². The van der Waals surface area contributed by atoms with Gasteiger partial charge >= 0.3 is 0 Å². The first kappa shape index (κ1) is 21.9. The first-order valence-corrected chi connectivity index (χ1v) is 10.5. The number of nitrogens with one attached hydrogen (secondary N) is 1. The zero-order valence-corrected chi connectivity index (χ0v) is 17.9. The second-order valence-corrected chi connectivity index (χ2v) is 7.71. The smallest absolute Gasteiger partial charge is 0.272 e. The molecule has 1 unspecified atom stereocenters. The Balaban J connectivity index is 1.42. The zero-order chi connectivity index (χ0) is 23.4. The van der Waals surface area contributed by atoms with Crippen LogP contribution in [0.5, 0.6) is 11.5 Å². The molecule has 0 saturated carbocycles. The van der Waals surface area contributed by atoms with Crippen molar-refractivity contribution in [1.82, 2.24) is 9.88 Å². The van der Waals surface area contributed by atoms with Gasteiger partial charge in [-0.2, -0.15) is 0 Å². The maximum absolute atomic E-state index is 13.0. The molecule has 9 heteroatoms. The molecule has 1 aromatic heterocycles. The van der Waals surface area contributed by atoms with Gasteiger partial charge in [0.25, 0.3) is 11.6 Å². The summed E-state index contributed by atoms with van der Waals surface area (Å²) in [5.74, 6) is 0.683. The Labute approximate surface area is 190 Å². The number of anilines is 1. The predicted molar refractivity (Wildman–Crippen MR) is 121 cm³/mol. The van der Waals surface area contributed by atoms with Gasteiger partial charge in [-0.25, -0.2) is 0 Å². The van der Waals surface area contributed by atoms with Crippen LogP contribution in [-0.4, -0.2) is 39.2 Å². The molecule has 0 aliphatic carbocycles. The van der Waals surface area contributed by atoms with E-state index < -0.39 is 11.0 Å². The van der Waals surface area contributed by atoms with Gasteiger partial charge in [0.2, 0.25) is 5.91 Å². The molecule has 33 heavy (non-hydrogen) atoms. The Morgan fingerprint density at radius 3 is 2.45 bits per heavy atom. The summed E-state index contributed by atoms with van der Waals surface area (Å²) in [4.78, 5) is 42.0. The largest absolute Gasteiger partial charge is 0.457 e. The number of hydrogen-bond donors (Lipinski definition) is 1. The van der Waals surface area contributed by atoms with Crippen LogP contribution in [0.15, 0.2) is 67.0 Å². The van der Waals surface area contributed by atoms with E-state index in [4.69, 9.17) is 4.74 Å². The first-order chi connectivity index (χ1) is 15.9. The van der Waals surface area contributed by atoms with Crippen LogP contribution in [0, 0.1) is 17.0 Å². The summed E-state index contributed by atoms with van der Waals surface area (Å²) in [6, 6.07) is 14.1. The second kappa shape index (κ2) is 9.47. The molecular formula is C24H22N4O5. The summed E-state index contributed by atoms with van der Waals surface area (Å²) in [6.07, 6.45) is 4.52. The van der Waals surface area contributed by atoms with Gasteiger partial charge in [-0.3, -0.25) is 24.7 Å². The van der Waals surface area contributed by atoms with Crippen molar-refractivity contribution in [2.45, 2.75) is 25.8 Å². The molecule has 0 radical (unpaired) electrons. The van der Waals surface area contributed by atoms with Crippen molar-refractivity contribution in [1.29, 1.82) is 0 Å². The average Bonchev–Trinajstić information content (AvgIpc) is 3.30. The number of amides is 2. The van der Waals surface area contributed by atoms with Gasteiger partial charge in [0.15, 0.2) is 0 Å². The lowest BCUT2D eigenvalue weighted by atomic mass is 10.1. The number of aryl methyl sites for hydroxylation is 1. The molecule has 1 saturated heterocycles. The molecule has 2 heterocycles. The number of nitrogens with zero attached hydrogens (tertiary/aromatic N) is 3. The lowest BCUT2D eigenvalue weighted by Crippen LogP contribution is -2.43. The van der Waals surface area contributed by atoms with Crippen LogP contribution in [0.2, 0.25) is 0 Å². The Hall–Kier alpha value is -4.27. The van der Waals surface area contributed by atoms with Crippen LogP contribution in [-0.2, 0) is 4.79 Å². The lowest BCUT2D eigenvalue weighted by molar-refractivity contribution is -0.385. The van der Waals surface area contributed by atoms with Gasteiger partial charge in [0.1, 0.15) is 17.5 Å². The fourth-order valence-corrected chi connectivity index (χ4v) is 3.82. The quantitative estimate of drug-likeness (QED) is 0.445. The van der Waals surface area contributed by atoms with Crippen molar-refractivity contribution in [3.8, 4) is 11.5 Å². The third-order valence-electron chi connectivity index (χ3n) is 5.46. The van der Waals surface area contributed by atoms with Crippen LogP contribution in [0.3, 0.4) is 0 Å². The van der Waals surface area contributed by atoms with E-state index in [0.29, 0.717) is 47.7 Å². The van der Waals surface area contributed by atoms with Crippen LogP contribution in [0.4, 0.5) is 11.4 Å². The maximum atomic E-state index is 13.0. The maximum Gasteiger partial charge on any atom is 0.272 e. The highest BCUT2D eigenvalue weighted by Gasteiger charge is 2.35. The summed E-state index contributed by atoms with van der Waals surface area (Å²) in [6.45, 7) is 2.04. The molecule has 3 aromatic rings. The Morgan fingerprint density at radius 1 is 1.09 bits per heavy atom. The number of nitro benzene ring substituents is 1. The van der Waals surface area contributed by atoms with Crippen molar-refractivity contribution < 1.29 is 19.2 Å². The summed E-state index contributed by atoms with van der Waals surface area (Å²) in [5.41, 5.74) is 1.28. The van der Waals surface area contributed by atoms with E-state index in [2.05, 4.69) is 10.3 Å². The van der Waals surface area contributed by atoms with E-state index in [1.807, 2.05) is 0 Å². The van der Waals surface area contributed by atoms with Gasteiger partial charge in [-0.1, -0.05) is 0 Å². The molecular weight excluding hydrogens is 424 g/mol. The predicted octanol–water partition coefficient (Wildman–Crippen LogP) is 4.33. The number of nitro groups is 1. The number of aromatic nitrogens is 1. The minimum Gasteiger partial charge on any atom is -0.457 e. The molecule has 0 bridgehead atoms. The van der Waals surface area contributed by atoms with E-state index >= 15 is 0 Å². The number of benzene rings is 2. The molecule has 4 rings (SSSR count). The fourth-order valence-electron chi connectivity index (χ4n) is 3.82. The fraction of sp³-hybridized carbons (Fsp3) is 0.208. The molecule has 2 amide bonds. The lowest BCUT2D eigenvalue weighted by Gasteiger charge is -2.24. The standard InChI is InChI=1S/C24H22N4O5/c1-16-15-17(4-9-21(16)28(31)32)24(30)27-14-2-3-22(27)23(29)26-18-5-7-19(8-6-18)33-20-10-12-25-13-11-20/h4-13,15,22H,2-3,14H2,1H3,(H,26,29). The van der Waals surface area contributed by atoms with Crippen LogP contribution < -0.4 is 10.1 Å². The number of hydrogen-bond acceptors (Lipinski definition) is 6. The highest BCUT2D eigenvalue weighted by molar-refractivity contribution is 6.01. The van der Waals surface area contributed by atoms with Gasteiger partial charge in [0.05, 0.1) is 4.92 Å². The average molecular weight is 446 g/mol. The van der Waals surface area contributed by atoms with Crippen molar-refractivity contribution in [3.63, 3.8) is 0 Å². The third-order valence-corrected chi connectivity index (χ3v) is 5.46. The second-order valence-electron chi connectivity index (χ2n) is 7.71. The molecule has 0 spiro atoms. The normalized spacial score (nSPS) is 15.2. The van der Waals surface area contributed by atoms with Crippen molar-refractivity contribution >= 4 is 23.2 Å². The Bertz CT molecular complexity index is 1180. The summed E-state index contributed by atoms with van der Waals surface area (Å²) >= 11 is 0. The van der Waals surface area contributed by atoms with Crippen molar-refractivity contribution in [2.75, 3.05) is 11.9 Å². The number of ether oxygens (including phenoxy) is 1. The molecule has 1 atom stereocenters. The van der Waals surface area contributed by atoms with Crippen molar-refractivity contribution in [3.05, 3.63) is 88.2 Å². The van der Waals surface area contributed by atoms with Crippen molar-refractivity contribution in [2.24, 2.45) is 0 Å². The summed E-state index contributed by atoms with van der Waals surface area (Å²) < 4.78 is 5.72. The zero-order valence-electron chi connectivity index (χ0n) is 17.9. The number of likely N-dealkylation sites (tertiary alicyclic amines) is 1.